The Morgan fingerprint density at radius 1 is 0.279 bits per heavy atom. The van der Waals surface area contributed by atoms with Gasteiger partial charge in [-0.15, -0.1) is 0 Å². The number of hydrogen-bond donors (Lipinski definition) is 0. The van der Waals surface area contributed by atoms with Crippen molar-refractivity contribution in [3.8, 4) is 0 Å². The van der Waals surface area contributed by atoms with Crippen LogP contribution in [0.4, 0.5) is 34.1 Å². The second kappa shape index (κ2) is 28.4. The van der Waals surface area contributed by atoms with E-state index in [1.807, 2.05) is 12.1 Å². The summed E-state index contributed by atoms with van der Waals surface area (Å²) < 4.78 is 22.5. The molecule has 0 atom stereocenters. The molecular formula is C115H88Br2N2O3. The second-order valence-corrected chi connectivity index (χ2v) is 37.7. The van der Waals surface area contributed by atoms with Gasteiger partial charge in [0.1, 0.15) is 22.3 Å². The van der Waals surface area contributed by atoms with E-state index in [0.29, 0.717) is 5.92 Å². The van der Waals surface area contributed by atoms with Crippen LogP contribution in [-0.4, -0.2) is 0 Å². The number of benzene rings is 20. The van der Waals surface area contributed by atoms with E-state index in [9.17, 15) is 0 Å². The van der Waals surface area contributed by atoms with Crippen LogP contribution < -0.4 is 9.80 Å². The molecule has 5 nitrogen and oxygen atoms in total. The average molecular weight is 1710 g/mol. The molecule has 25 rings (SSSR count). The number of furan rings is 3. The van der Waals surface area contributed by atoms with Crippen molar-refractivity contribution < 1.29 is 13.3 Å². The first-order valence-corrected chi connectivity index (χ1v) is 44.8. The van der Waals surface area contributed by atoms with Gasteiger partial charge in [0.25, 0.3) is 0 Å². The van der Waals surface area contributed by atoms with Crippen molar-refractivity contribution in [1.29, 1.82) is 0 Å². The number of fused-ring (bicyclic) bond motifs is 12. The lowest BCUT2D eigenvalue weighted by Crippen LogP contribution is -2.24. The minimum Gasteiger partial charge on any atom is -0.456 e. The summed E-state index contributed by atoms with van der Waals surface area (Å²) in [6, 6.07) is 115. The van der Waals surface area contributed by atoms with Crippen LogP contribution in [0.1, 0.15) is 125 Å². The molecule has 20 aromatic carbocycles. The topological polar surface area (TPSA) is 45.9 Å². The normalized spacial score (nSPS) is 13.8. The molecule has 0 amide bonds. The molecule has 2 aliphatic carbocycles. The van der Waals surface area contributed by atoms with Gasteiger partial charge in [-0.25, -0.2) is 0 Å². The number of anilines is 6. The van der Waals surface area contributed by atoms with E-state index in [1.54, 1.807) is 0 Å². The van der Waals surface area contributed by atoms with Gasteiger partial charge in [0.2, 0.25) is 0 Å². The largest absolute Gasteiger partial charge is 0.456 e. The Kier molecular flexibility index (Phi) is 17.3. The van der Waals surface area contributed by atoms with E-state index in [4.69, 9.17) is 13.3 Å². The maximum absolute atomic E-state index is 6.98. The molecule has 3 heterocycles. The third-order valence-electron chi connectivity index (χ3n) is 27.3. The molecule has 3 aromatic heterocycles. The summed E-state index contributed by atoms with van der Waals surface area (Å²) in [5.41, 5.74) is 23.3. The van der Waals surface area contributed by atoms with Crippen molar-refractivity contribution in [3.05, 3.63) is 369 Å². The van der Waals surface area contributed by atoms with Gasteiger partial charge in [-0.2, -0.15) is 0 Å². The lowest BCUT2D eigenvalue weighted by atomic mass is 9.70. The zero-order valence-electron chi connectivity index (χ0n) is 69.6. The van der Waals surface area contributed by atoms with Crippen LogP contribution in [0, 0.1) is 0 Å². The van der Waals surface area contributed by atoms with Crippen molar-refractivity contribution in [1.82, 2.24) is 0 Å². The number of hydrogen-bond acceptors (Lipinski definition) is 5. The van der Waals surface area contributed by atoms with Crippen LogP contribution in [-0.2, 0) is 30.1 Å². The first-order chi connectivity index (χ1) is 59.5. The summed E-state index contributed by atoms with van der Waals surface area (Å²) in [4.78, 5) is 5.05. The molecule has 23 aromatic rings. The Morgan fingerprint density at radius 3 is 1.20 bits per heavy atom. The fourth-order valence-corrected chi connectivity index (χ4v) is 22.4. The van der Waals surface area contributed by atoms with Crippen LogP contribution in [0.15, 0.2) is 338 Å². The van der Waals surface area contributed by atoms with E-state index in [1.165, 1.54) is 168 Å². The highest BCUT2D eigenvalue weighted by Crippen LogP contribution is 2.58. The maximum atomic E-state index is 6.98. The number of aryl methyl sites for hydroxylation is 2. The Hall–Kier alpha value is -12.8. The highest BCUT2D eigenvalue weighted by molar-refractivity contribution is 9.11. The summed E-state index contributed by atoms with van der Waals surface area (Å²) in [7, 11) is 0. The van der Waals surface area contributed by atoms with E-state index in [-0.39, 0.29) is 16.7 Å². The zero-order valence-corrected chi connectivity index (χ0v) is 72.8. The fraction of sp³-hybridized carbons (Fsp3) is 0.148. The van der Waals surface area contributed by atoms with Crippen molar-refractivity contribution in [2.75, 3.05) is 9.80 Å². The third kappa shape index (κ3) is 11.6. The minimum atomic E-state index is -0.0898. The van der Waals surface area contributed by atoms with Crippen LogP contribution in [0.2, 0.25) is 0 Å². The summed E-state index contributed by atoms with van der Waals surface area (Å²) in [5.74, 6) is 0.730. The number of halogens is 2. The van der Waals surface area contributed by atoms with E-state index in [0.717, 1.165) is 115 Å². The zero-order chi connectivity index (χ0) is 82.3. The predicted molar refractivity (Wildman–Crippen MR) is 526 cm³/mol. The Labute approximate surface area is 725 Å². The van der Waals surface area contributed by atoms with Crippen LogP contribution in [0.3, 0.4) is 0 Å². The SMILES string of the molecule is CC(C)c1cc(Br)c2cc3c4c(cc(Br)c5ccc1c2c54)CCC3(C)C.CC(C)c1cc(N(c2cccc3ccccc23)c2cccc3c2oc2ccccc23)c2cc3c4c(cc(N(c5cccc6ccccc56)c5cccc6c5oc5ccccc56)c5ccc1c2c54)CCC3(C)C.c1ccc2c(Cc3cccc4c3oc3ccccc34)cccc2c1. The van der Waals surface area contributed by atoms with Crippen molar-refractivity contribution in [2.45, 2.75) is 110 Å². The van der Waals surface area contributed by atoms with Crippen LogP contribution in [0.25, 0.3) is 163 Å². The van der Waals surface area contributed by atoms with Gasteiger partial charge in [0.05, 0.1) is 34.1 Å². The van der Waals surface area contributed by atoms with Gasteiger partial charge in [0.15, 0.2) is 11.2 Å². The van der Waals surface area contributed by atoms with E-state index in [2.05, 4.69) is 400 Å². The van der Waals surface area contributed by atoms with E-state index < -0.39 is 0 Å². The summed E-state index contributed by atoms with van der Waals surface area (Å²) in [6.45, 7) is 19.0. The van der Waals surface area contributed by atoms with Gasteiger partial charge in [-0.1, -0.05) is 324 Å². The highest BCUT2D eigenvalue weighted by Gasteiger charge is 2.37. The predicted octanol–water partition coefficient (Wildman–Crippen LogP) is 34.8. The standard InChI is InChI=1S/C68H50N2O2.C24H22Br2.C23H16O/c1-40(2)52-39-60(70(56-28-14-20-42-18-6-8-22-45(42)56)58-30-16-26-50-47-24-10-12-32-62(47)72-67(50)58)53-38-54-63-43(35-36-68(54,3)4)37-59(51-34-33-48(52)64(53)65(51)63)69(55-27-13-19-41-17-5-7-21-44(41)55)57-29-15-25-49-46-23-9-11-31-61(46)71-66(49)57;1-12(2)16-11-20(26)17-10-18-21-13(7-8-24(18,3)4)9-19(25)15-6-5-14(16)22(17)23(15)21;1-2-11-19-16(7-1)8-5-9-17(19)15-18-10-6-13-21-20-12-3-4-14-22(20)24-23(18)21/h5-34,37-40H,35-36H2,1-4H3;5-6,9-12H,7-8H2,1-4H3;1-14H,15H2. The molecule has 122 heavy (non-hydrogen) atoms. The molecule has 0 unspecified atom stereocenters. The average Bonchev–Trinajstić information content (AvgIpc) is 0.864. The number of para-hydroxylation sites is 6. The molecular weight excluding hydrogens is 1620 g/mol. The Morgan fingerprint density at radius 2 is 0.648 bits per heavy atom. The molecule has 0 radical (unpaired) electrons. The molecule has 0 N–H and O–H groups in total. The maximum Gasteiger partial charge on any atom is 0.159 e. The molecule has 0 bridgehead atoms. The first-order valence-electron chi connectivity index (χ1n) is 43.2. The number of rotatable bonds is 10. The lowest BCUT2D eigenvalue weighted by Gasteiger charge is -2.37. The van der Waals surface area contributed by atoms with E-state index >= 15 is 0 Å². The van der Waals surface area contributed by atoms with Crippen molar-refractivity contribution in [3.63, 3.8) is 0 Å². The van der Waals surface area contributed by atoms with Gasteiger partial charge < -0.3 is 23.1 Å². The molecule has 0 saturated carbocycles. The lowest BCUT2D eigenvalue weighted by molar-refractivity contribution is 0.475. The quantitative estimate of drug-likeness (QED) is 0.128. The van der Waals surface area contributed by atoms with Crippen molar-refractivity contribution >= 4 is 229 Å². The first kappa shape index (κ1) is 74.3. The van der Waals surface area contributed by atoms with Crippen molar-refractivity contribution in [2.24, 2.45) is 0 Å². The Bertz CT molecular complexity index is 8240. The van der Waals surface area contributed by atoms with Gasteiger partial charge in [-0.3, -0.25) is 0 Å². The van der Waals surface area contributed by atoms with Gasteiger partial charge >= 0.3 is 0 Å². The van der Waals surface area contributed by atoms with Gasteiger partial charge in [-0.05, 0) is 242 Å². The molecule has 0 aliphatic heterocycles. The highest BCUT2D eigenvalue weighted by atomic mass is 79.9. The summed E-state index contributed by atoms with van der Waals surface area (Å²) >= 11 is 7.77. The van der Waals surface area contributed by atoms with Crippen LogP contribution >= 0.6 is 31.9 Å². The Balaban J connectivity index is 0.000000139. The summed E-state index contributed by atoms with van der Waals surface area (Å²) in [5, 5.41) is 30.4. The molecule has 7 heteroatoms. The van der Waals surface area contributed by atoms with Crippen LogP contribution in [0.5, 0.6) is 0 Å². The molecule has 0 saturated heterocycles. The third-order valence-corrected chi connectivity index (χ3v) is 28.6. The smallest absolute Gasteiger partial charge is 0.159 e. The minimum absolute atomic E-state index is 0.0898. The van der Waals surface area contributed by atoms with Gasteiger partial charge in [0, 0.05) is 74.6 Å². The molecule has 0 fully saturated rings. The molecule has 2 aliphatic rings. The second-order valence-electron chi connectivity index (χ2n) is 36.0. The monoisotopic (exact) mass is 1700 g/mol. The summed E-state index contributed by atoms with van der Waals surface area (Å²) in [6.07, 6.45) is 5.24. The molecule has 590 valence electrons. The fourth-order valence-electron chi connectivity index (χ4n) is 21.2. The molecule has 0 spiro atoms. The number of nitrogens with zero attached hydrogens (tertiary/aromatic N) is 2.